The monoisotopic (exact) mass is 756 g/mol. The molecule has 18 nitrogen and oxygen atoms in total. The van der Waals surface area contributed by atoms with Crippen LogP contribution < -0.4 is 11.5 Å². The SMILES string of the molecule is Nc1ncnc2c1nc(C#Cc1ccc(C#Cc3ccc(C#Cc4nc5c(N)ncnc5n4[C@@H]4O[C@H](CO)[C@@H](O)[C@H]4O)cc3)cc1)n2[C@@H]1O[C@H](CO)[C@@H](O)[C@H]1O. The van der Waals surface area contributed by atoms with Gasteiger partial charge in [-0.1, -0.05) is 23.7 Å². The van der Waals surface area contributed by atoms with Crippen molar-refractivity contribution in [2.24, 2.45) is 0 Å². The van der Waals surface area contributed by atoms with E-state index in [0.29, 0.717) is 11.1 Å². The topological polar surface area (TPSA) is 279 Å². The number of nitrogens with two attached hydrogens (primary N) is 2. The third-order valence-corrected chi connectivity index (χ3v) is 9.31. The second kappa shape index (κ2) is 15.0. The average Bonchev–Trinajstić information content (AvgIpc) is 3.94. The molecule has 6 aromatic rings. The first kappa shape index (κ1) is 36.5. The van der Waals surface area contributed by atoms with Crippen LogP contribution in [0.15, 0.2) is 61.2 Å². The molecule has 2 aromatic carbocycles. The third-order valence-electron chi connectivity index (χ3n) is 9.31. The highest BCUT2D eigenvalue weighted by atomic mass is 16.6. The Balaban J connectivity index is 0.996. The second-order valence-electron chi connectivity index (χ2n) is 12.8. The van der Waals surface area contributed by atoms with Gasteiger partial charge in [0, 0.05) is 22.3 Å². The summed E-state index contributed by atoms with van der Waals surface area (Å²) in [5.74, 6) is 18.8. The molecule has 6 heterocycles. The number of benzene rings is 2. The summed E-state index contributed by atoms with van der Waals surface area (Å²) in [6, 6.07) is 14.4. The molecule has 282 valence electrons. The van der Waals surface area contributed by atoms with Crippen molar-refractivity contribution in [3.63, 3.8) is 0 Å². The van der Waals surface area contributed by atoms with E-state index in [2.05, 4.69) is 65.4 Å². The minimum Gasteiger partial charge on any atom is -0.394 e. The highest BCUT2D eigenvalue weighted by Crippen LogP contribution is 2.35. The summed E-state index contributed by atoms with van der Waals surface area (Å²) < 4.78 is 14.3. The molecular formula is C38H32N10O8. The number of aliphatic hydroxyl groups excluding tert-OH is 6. The van der Waals surface area contributed by atoms with Gasteiger partial charge in [-0.2, -0.15) is 0 Å². The maximum absolute atomic E-state index is 10.7. The minimum absolute atomic E-state index is 0.101. The van der Waals surface area contributed by atoms with Crippen LogP contribution >= 0.6 is 0 Å². The van der Waals surface area contributed by atoms with E-state index in [-0.39, 0.29) is 45.6 Å². The lowest BCUT2D eigenvalue weighted by atomic mass is 10.1. The van der Waals surface area contributed by atoms with Crippen molar-refractivity contribution in [2.45, 2.75) is 49.1 Å². The number of aromatic nitrogens is 8. The number of nitrogens with zero attached hydrogens (tertiary/aromatic N) is 8. The molecule has 0 aliphatic carbocycles. The van der Waals surface area contributed by atoms with Gasteiger partial charge >= 0.3 is 0 Å². The predicted octanol–water partition coefficient (Wildman–Crippen LogP) is -1.45. The van der Waals surface area contributed by atoms with Crippen molar-refractivity contribution < 1.29 is 40.1 Å². The Bertz CT molecular complexity index is 2450. The van der Waals surface area contributed by atoms with Crippen LogP contribution in [0.1, 0.15) is 46.4 Å². The fourth-order valence-electron chi connectivity index (χ4n) is 6.37. The van der Waals surface area contributed by atoms with Gasteiger partial charge in [0.2, 0.25) is 0 Å². The van der Waals surface area contributed by atoms with Gasteiger partial charge in [0.1, 0.15) is 49.3 Å². The standard InChI is InChI=1S/C38H32N10O8/c39-33-27-35(43-17-41-33)47(37-31(53)29(51)23(15-49)55-37)25(45-27)13-11-21-7-3-19(4-8-21)1-2-20-5-9-22(10-6-20)12-14-26-46-28-34(40)42-18-44-36(28)48(26)38-32(54)30(52)24(16-50)56-38/h3-10,17-18,23-24,29-32,37-38,49-54H,15-16H2,(H2,39,41,43)(H2,40,42,44)/t23-,24-,29-,30-,31-,32-,37-,38-/m1/s1. The van der Waals surface area contributed by atoms with Gasteiger partial charge in [0.25, 0.3) is 0 Å². The fourth-order valence-corrected chi connectivity index (χ4v) is 6.37. The molecule has 2 aliphatic rings. The highest BCUT2D eigenvalue weighted by molar-refractivity contribution is 5.83. The van der Waals surface area contributed by atoms with Gasteiger partial charge < -0.3 is 51.6 Å². The molecule has 2 fully saturated rings. The predicted molar refractivity (Wildman–Crippen MR) is 196 cm³/mol. The number of fused-ring (bicyclic) bond motifs is 2. The Morgan fingerprint density at radius 2 is 0.857 bits per heavy atom. The lowest BCUT2D eigenvalue weighted by Gasteiger charge is -2.17. The molecule has 2 aliphatic heterocycles. The summed E-state index contributed by atoms with van der Waals surface area (Å²) in [5, 5.41) is 61.3. The average molecular weight is 757 g/mol. The molecule has 8 atom stereocenters. The van der Waals surface area contributed by atoms with Crippen LogP contribution in [-0.2, 0) is 9.47 Å². The number of hydrogen-bond acceptors (Lipinski definition) is 16. The number of imidazole rings is 2. The largest absolute Gasteiger partial charge is 0.394 e. The zero-order valence-corrected chi connectivity index (χ0v) is 29.0. The van der Waals surface area contributed by atoms with Gasteiger partial charge in [-0.05, 0) is 60.4 Å². The van der Waals surface area contributed by atoms with E-state index in [1.165, 1.54) is 21.8 Å². The quantitative estimate of drug-likeness (QED) is 0.0956. The Kier molecular flexibility index (Phi) is 9.75. The zero-order chi connectivity index (χ0) is 39.1. The molecule has 10 N–H and O–H groups in total. The summed E-state index contributed by atoms with van der Waals surface area (Å²) in [6.07, 6.45) is -7.25. The van der Waals surface area contributed by atoms with Gasteiger partial charge in [0.15, 0.2) is 58.1 Å². The van der Waals surface area contributed by atoms with Crippen LogP contribution in [0.4, 0.5) is 11.6 Å². The summed E-state index contributed by atoms with van der Waals surface area (Å²) in [5.41, 5.74) is 15.8. The number of rotatable bonds is 4. The molecule has 4 aromatic heterocycles. The van der Waals surface area contributed by atoms with E-state index in [0.717, 1.165) is 11.1 Å². The fraction of sp³-hybridized carbons (Fsp3) is 0.263. The van der Waals surface area contributed by atoms with Gasteiger partial charge in [-0.25, -0.2) is 29.9 Å². The Labute approximate surface area is 317 Å². The first-order valence-corrected chi connectivity index (χ1v) is 17.1. The molecule has 8 rings (SSSR count). The molecule has 56 heavy (non-hydrogen) atoms. The Morgan fingerprint density at radius 3 is 1.18 bits per heavy atom. The van der Waals surface area contributed by atoms with E-state index < -0.39 is 62.3 Å². The van der Waals surface area contributed by atoms with E-state index in [4.69, 9.17) is 20.9 Å². The van der Waals surface area contributed by atoms with Crippen LogP contribution in [0.3, 0.4) is 0 Å². The van der Waals surface area contributed by atoms with Crippen LogP contribution in [0, 0.1) is 35.5 Å². The van der Waals surface area contributed by atoms with Crippen LogP contribution in [0.2, 0.25) is 0 Å². The number of hydrogen-bond donors (Lipinski definition) is 8. The first-order chi connectivity index (χ1) is 27.1. The van der Waals surface area contributed by atoms with Gasteiger partial charge in [0.05, 0.1) is 13.2 Å². The molecule has 0 bridgehead atoms. The molecule has 2 saturated heterocycles. The molecule has 0 amide bonds. The van der Waals surface area contributed by atoms with E-state index in [1.807, 2.05) is 24.3 Å². The molecule has 18 heteroatoms. The number of nitrogen functional groups attached to an aromatic ring is 2. The summed E-state index contributed by atoms with van der Waals surface area (Å²) in [7, 11) is 0. The molecule has 0 saturated carbocycles. The van der Waals surface area contributed by atoms with Crippen molar-refractivity contribution in [3.05, 3.63) is 95.1 Å². The molecule has 0 unspecified atom stereocenters. The van der Waals surface area contributed by atoms with Crippen LogP contribution in [0.5, 0.6) is 0 Å². The van der Waals surface area contributed by atoms with Crippen molar-refractivity contribution in [1.29, 1.82) is 0 Å². The summed E-state index contributed by atoms with van der Waals surface area (Å²) in [4.78, 5) is 25.4. The van der Waals surface area contributed by atoms with Crippen LogP contribution in [0.25, 0.3) is 22.3 Å². The molecular weight excluding hydrogens is 724 g/mol. The third kappa shape index (κ3) is 6.63. The van der Waals surface area contributed by atoms with Crippen molar-refractivity contribution >= 4 is 34.0 Å². The number of aliphatic hydroxyl groups is 6. The maximum atomic E-state index is 10.7. The van der Waals surface area contributed by atoms with Crippen molar-refractivity contribution in [2.75, 3.05) is 24.7 Å². The second-order valence-corrected chi connectivity index (χ2v) is 12.8. The summed E-state index contributed by atoms with van der Waals surface area (Å²) in [6.45, 7) is -1.00. The van der Waals surface area contributed by atoms with Crippen molar-refractivity contribution in [1.82, 2.24) is 39.0 Å². The Hall–Kier alpha value is -6.50. The smallest absolute Gasteiger partial charge is 0.190 e. The van der Waals surface area contributed by atoms with Crippen LogP contribution in [-0.4, -0.2) is 120 Å². The van der Waals surface area contributed by atoms with Gasteiger partial charge in [-0.15, -0.1) is 0 Å². The Morgan fingerprint density at radius 1 is 0.518 bits per heavy atom. The normalized spacial score (nSPS) is 24.3. The van der Waals surface area contributed by atoms with E-state index >= 15 is 0 Å². The van der Waals surface area contributed by atoms with E-state index in [9.17, 15) is 30.6 Å². The summed E-state index contributed by atoms with van der Waals surface area (Å²) >= 11 is 0. The first-order valence-electron chi connectivity index (χ1n) is 17.1. The molecule has 0 spiro atoms. The number of anilines is 2. The number of ether oxygens (including phenoxy) is 2. The van der Waals surface area contributed by atoms with Gasteiger partial charge in [-0.3, -0.25) is 9.13 Å². The van der Waals surface area contributed by atoms with Crippen molar-refractivity contribution in [3.8, 4) is 35.5 Å². The lowest BCUT2D eigenvalue weighted by molar-refractivity contribution is -0.0514. The molecule has 0 radical (unpaired) electrons. The minimum atomic E-state index is -1.39. The van der Waals surface area contributed by atoms with E-state index in [1.54, 1.807) is 24.3 Å². The lowest BCUT2D eigenvalue weighted by Crippen LogP contribution is -2.33. The zero-order valence-electron chi connectivity index (χ0n) is 29.0. The highest BCUT2D eigenvalue weighted by Gasteiger charge is 2.46. The maximum Gasteiger partial charge on any atom is 0.190 e.